The van der Waals surface area contributed by atoms with E-state index in [9.17, 15) is 0 Å². The summed E-state index contributed by atoms with van der Waals surface area (Å²) in [7, 11) is 0. The maximum Gasteiger partial charge on any atom is 0.0630 e. The number of aliphatic imine (C=N–C) groups is 2. The van der Waals surface area contributed by atoms with E-state index in [0.29, 0.717) is 0 Å². The van der Waals surface area contributed by atoms with Gasteiger partial charge in [0, 0.05) is 12.4 Å². The van der Waals surface area contributed by atoms with E-state index in [-0.39, 0.29) is 0 Å². The minimum atomic E-state index is 1.00. The third-order valence-electron chi connectivity index (χ3n) is 15.0. The van der Waals surface area contributed by atoms with Gasteiger partial charge in [-0.1, -0.05) is 333 Å². The second-order valence-electron chi connectivity index (χ2n) is 21.7. The zero-order valence-corrected chi connectivity index (χ0v) is 46.0. The van der Waals surface area contributed by atoms with E-state index in [2.05, 4.69) is 72.4 Å². The highest BCUT2D eigenvalue weighted by Crippen LogP contribution is 2.20. The monoisotopic (exact) mass is 937 g/mol. The Hall–Kier alpha value is -2.22. The molecule has 0 heterocycles. The summed E-state index contributed by atoms with van der Waals surface area (Å²) in [6, 6.07) is 17.6. The minimum Gasteiger partial charge on any atom is -0.255 e. The Balaban J connectivity index is 1.31. The molecule has 2 aromatic rings. The van der Waals surface area contributed by atoms with E-state index in [1.165, 1.54) is 332 Å². The molecule has 2 rings (SSSR count). The predicted octanol–water partition coefficient (Wildman–Crippen LogP) is 23.6. The van der Waals surface area contributed by atoms with Gasteiger partial charge in [-0.05, 0) is 61.1 Å². The van der Waals surface area contributed by atoms with Crippen molar-refractivity contribution in [3.05, 3.63) is 59.7 Å². The van der Waals surface area contributed by atoms with E-state index < -0.39 is 0 Å². The van der Waals surface area contributed by atoms with Crippen LogP contribution in [0.1, 0.15) is 333 Å². The van der Waals surface area contributed by atoms with Gasteiger partial charge in [-0.15, -0.1) is 0 Å². The van der Waals surface area contributed by atoms with Crippen LogP contribution in [0.5, 0.6) is 0 Å². The zero-order chi connectivity index (χ0) is 48.2. The third-order valence-corrected chi connectivity index (χ3v) is 15.0. The molecule has 0 bridgehead atoms. The molecule has 0 aliphatic carbocycles. The average molecular weight is 938 g/mol. The smallest absolute Gasteiger partial charge is 0.0630 e. The van der Waals surface area contributed by atoms with Gasteiger partial charge >= 0.3 is 0 Å². The number of nitrogens with zero attached hydrogens (tertiary/aromatic N) is 2. The highest BCUT2D eigenvalue weighted by molar-refractivity contribution is 6.17. The second kappa shape index (κ2) is 51.1. The van der Waals surface area contributed by atoms with E-state index in [4.69, 9.17) is 0 Å². The fraction of sp³-hybridized carbons (Fsp3) is 0.788. The highest BCUT2D eigenvalue weighted by Gasteiger charge is 2.01. The highest BCUT2D eigenvalue weighted by atomic mass is 14.8. The number of aryl methyl sites for hydroxylation is 2. The molecule has 0 aliphatic rings. The standard InChI is InChI=1S/C66H116N2/c1-3-5-7-9-11-13-15-17-19-21-23-25-27-29-31-33-35-37-39-41-43-45-47-49-51-63-53-57-65(58-54-63)67-61-62-68-66-59-55-64(56-60-66)52-50-48-46-44-42-40-38-36-34-32-30-28-26-24-22-20-18-16-14-12-10-8-6-4-2/h53-62H,3-52H2,1-2H3. The van der Waals surface area contributed by atoms with E-state index in [1.54, 1.807) is 0 Å². The van der Waals surface area contributed by atoms with Crippen LogP contribution in [-0.4, -0.2) is 12.4 Å². The maximum absolute atomic E-state index is 4.62. The van der Waals surface area contributed by atoms with Crippen LogP contribution in [-0.2, 0) is 12.8 Å². The summed E-state index contributed by atoms with van der Waals surface area (Å²) < 4.78 is 0. The summed E-state index contributed by atoms with van der Waals surface area (Å²) in [6.07, 6.45) is 75.3. The van der Waals surface area contributed by atoms with Crippen molar-refractivity contribution in [2.24, 2.45) is 9.98 Å². The van der Waals surface area contributed by atoms with Crippen molar-refractivity contribution in [2.45, 2.75) is 335 Å². The van der Waals surface area contributed by atoms with Crippen LogP contribution in [0.15, 0.2) is 58.5 Å². The van der Waals surface area contributed by atoms with Crippen molar-refractivity contribution in [3.8, 4) is 0 Å². The molecule has 0 atom stereocenters. The summed E-state index contributed by atoms with van der Waals surface area (Å²) in [4.78, 5) is 9.24. The van der Waals surface area contributed by atoms with E-state index in [1.807, 2.05) is 12.4 Å². The number of benzene rings is 2. The van der Waals surface area contributed by atoms with Gasteiger partial charge in [0.15, 0.2) is 0 Å². The molecule has 2 heteroatoms. The van der Waals surface area contributed by atoms with Gasteiger partial charge in [0.2, 0.25) is 0 Å². The van der Waals surface area contributed by atoms with Crippen molar-refractivity contribution in [2.75, 3.05) is 0 Å². The second-order valence-corrected chi connectivity index (χ2v) is 21.7. The molecule has 0 saturated carbocycles. The fourth-order valence-corrected chi connectivity index (χ4v) is 10.3. The SMILES string of the molecule is CCCCCCCCCCCCCCCCCCCCCCCCCCc1ccc(N=CC=Nc2ccc(CCCCCCCCCCCCCCCCCCCCCCCCCC)cc2)cc1. The Morgan fingerprint density at radius 2 is 0.382 bits per heavy atom. The molecule has 2 aromatic carbocycles. The quantitative estimate of drug-likeness (QED) is 0.0466. The topological polar surface area (TPSA) is 24.7 Å². The van der Waals surface area contributed by atoms with Crippen LogP contribution in [0.3, 0.4) is 0 Å². The number of unbranched alkanes of at least 4 members (excludes halogenated alkanes) is 46. The first-order valence-corrected chi connectivity index (χ1v) is 31.1. The molecule has 0 amide bonds. The van der Waals surface area contributed by atoms with Gasteiger partial charge in [0.25, 0.3) is 0 Å². The van der Waals surface area contributed by atoms with Gasteiger partial charge in [0.1, 0.15) is 0 Å². The molecule has 0 N–H and O–H groups in total. The van der Waals surface area contributed by atoms with Crippen LogP contribution < -0.4 is 0 Å². The lowest BCUT2D eigenvalue weighted by molar-refractivity contribution is 0.517. The number of rotatable bonds is 53. The summed E-state index contributed by atoms with van der Waals surface area (Å²) in [6.45, 7) is 4.62. The fourth-order valence-electron chi connectivity index (χ4n) is 10.3. The largest absolute Gasteiger partial charge is 0.255 e. The minimum absolute atomic E-state index is 1.00. The lowest BCUT2D eigenvalue weighted by Crippen LogP contribution is -1.87. The van der Waals surface area contributed by atoms with Gasteiger partial charge in [-0.2, -0.15) is 0 Å². The number of hydrogen-bond acceptors (Lipinski definition) is 2. The van der Waals surface area contributed by atoms with Gasteiger partial charge in [-0.25, -0.2) is 0 Å². The molecule has 0 saturated heterocycles. The van der Waals surface area contributed by atoms with Crippen molar-refractivity contribution in [1.29, 1.82) is 0 Å². The predicted molar refractivity (Wildman–Crippen MR) is 310 cm³/mol. The Labute approximate surface area is 426 Å². The van der Waals surface area contributed by atoms with Crippen LogP contribution in [0.2, 0.25) is 0 Å². The molecular formula is C66H116N2. The van der Waals surface area contributed by atoms with Crippen molar-refractivity contribution in [1.82, 2.24) is 0 Å². The zero-order valence-electron chi connectivity index (χ0n) is 46.0. The Morgan fingerprint density at radius 1 is 0.221 bits per heavy atom. The van der Waals surface area contributed by atoms with E-state index in [0.717, 1.165) is 11.4 Å². The molecule has 0 aliphatic heterocycles. The summed E-state index contributed by atoms with van der Waals surface area (Å²) in [5.41, 5.74) is 4.87. The van der Waals surface area contributed by atoms with Gasteiger partial charge in [0.05, 0.1) is 11.4 Å². The summed E-state index contributed by atoms with van der Waals surface area (Å²) in [5.74, 6) is 0. The molecule has 0 fully saturated rings. The Morgan fingerprint density at radius 3 is 0.559 bits per heavy atom. The van der Waals surface area contributed by atoms with Crippen LogP contribution in [0.25, 0.3) is 0 Å². The van der Waals surface area contributed by atoms with Crippen LogP contribution >= 0.6 is 0 Å². The first kappa shape index (κ1) is 61.9. The summed E-state index contributed by atoms with van der Waals surface area (Å²) >= 11 is 0. The van der Waals surface area contributed by atoms with Crippen molar-refractivity contribution < 1.29 is 0 Å². The Kier molecular flexibility index (Phi) is 46.6. The molecule has 68 heavy (non-hydrogen) atoms. The molecular weight excluding hydrogens is 821 g/mol. The number of hydrogen-bond donors (Lipinski definition) is 0. The van der Waals surface area contributed by atoms with Gasteiger partial charge < -0.3 is 0 Å². The van der Waals surface area contributed by atoms with Crippen molar-refractivity contribution >= 4 is 23.8 Å². The van der Waals surface area contributed by atoms with Gasteiger partial charge in [-0.3, -0.25) is 9.98 Å². The van der Waals surface area contributed by atoms with Crippen LogP contribution in [0.4, 0.5) is 11.4 Å². The van der Waals surface area contributed by atoms with Crippen LogP contribution in [0, 0.1) is 0 Å². The lowest BCUT2D eigenvalue weighted by Gasteiger charge is -2.05. The Bertz CT molecular complexity index is 1220. The molecule has 0 aromatic heterocycles. The maximum atomic E-state index is 4.62. The average Bonchev–Trinajstić information content (AvgIpc) is 3.36. The molecule has 2 nitrogen and oxygen atoms in total. The molecule has 0 unspecified atom stereocenters. The molecule has 0 radical (unpaired) electrons. The summed E-state index contributed by atoms with van der Waals surface area (Å²) in [5, 5.41) is 0. The van der Waals surface area contributed by atoms with E-state index >= 15 is 0 Å². The molecule has 0 spiro atoms. The van der Waals surface area contributed by atoms with Crippen molar-refractivity contribution in [3.63, 3.8) is 0 Å². The normalized spacial score (nSPS) is 11.9. The first-order chi connectivity index (χ1) is 33.8. The third kappa shape index (κ3) is 42.6. The lowest BCUT2D eigenvalue weighted by atomic mass is 10.0. The molecule has 390 valence electrons. The first-order valence-electron chi connectivity index (χ1n) is 31.1.